The van der Waals surface area contributed by atoms with Crippen LogP contribution in [-0.4, -0.2) is 42.5 Å². The third-order valence-electron chi connectivity index (χ3n) is 7.06. The molecule has 216 valence electrons. The van der Waals surface area contributed by atoms with Crippen LogP contribution in [0, 0.1) is 6.92 Å². The second kappa shape index (κ2) is 11.4. The number of aromatic nitrogens is 2. The summed E-state index contributed by atoms with van der Waals surface area (Å²) >= 11 is 0. The molecule has 0 unspecified atom stereocenters. The van der Waals surface area contributed by atoms with Crippen LogP contribution in [0.2, 0.25) is 0 Å². The minimum absolute atomic E-state index is 0.138. The molecule has 0 aliphatic carbocycles. The molecule has 9 nitrogen and oxygen atoms in total. The number of nitrogens with zero attached hydrogens (tertiary/aromatic N) is 3. The normalized spacial score (nSPS) is 11.7. The molecule has 0 radical (unpaired) electrons. The van der Waals surface area contributed by atoms with Gasteiger partial charge in [0.15, 0.2) is 11.5 Å². The number of benzene rings is 4. The average Bonchev–Trinajstić information content (AvgIpc) is 3.62. The van der Waals surface area contributed by atoms with Crippen LogP contribution >= 0.6 is 0 Å². The van der Waals surface area contributed by atoms with Crippen molar-refractivity contribution in [1.82, 2.24) is 9.78 Å². The molecule has 1 N–H and O–H groups in total. The summed E-state index contributed by atoms with van der Waals surface area (Å²) in [6, 6.07) is 28.3. The number of ether oxygens (including phenoxy) is 3. The standard InChI is InChI=1S/C34H30N4O5/c1-21-8-15-27(16-9-21)38-34(43-22(2)39)31(32(36-38)24-6-5-7-28(18-24)37(3)4)23-10-13-26(14-11-23)35-33(40)25-12-17-29-30(19-25)42-20-41-29/h5-19H,20H2,1-4H3,(H,35,40). The van der Waals surface area contributed by atoms with Gasteiger partial charge in [-0.05, 0) is 67.1 Å². The minimum atomic E-state index is -0.462. The van der Waals surface area contributed by atoms with Crippen molar-refractivity contribution in [3.05, 3.63) is 102 Å². The molecule has 0 saturated carbocycles. The van der Waals surface area contributed by atoms with Gasteiger partial charge in [0.25, 0.3) is 5.91 Å². The number of fused-ring (bicyclic) bond motifs is 1. The fourth-order valence-corrected chi connectivity index (χ4v) is 4.85. The van der Waals surface area contributed by atoms with Crippen molar-refractivity contribution in [3.63, 3.8) is 0 Å². The number of carbonyl (C=O) groups excluding carboxylic acids is 2. The number of carbonyl (C=O) groups is 2. The maximum absolute atomic E-state index is 13.0. The van der Waals surface area contributed by atoms with Crippen LogP contribution in [0.15, 0.2) is 91.0 Å². The fourth-order valence-electron chi connectivity index (χ4n) is 4.85. The second-order valence-electron chi connectivity index (χ2n) is 10.4. The number of hydrogen-bond donors (Lipinski definition) is 1. The number of nitrogens with one attached hydrogen (secondary N) is 1. The van der Waals surface area contributed by atoms with Crippen LogP contribution < -0.4 is 24.4 Å². The van der Waals surface area contributed by atoms with E-state index in [1.54, 1.807) is 35.0 Å². The Balaban J connectivity index is 1.42. The number of aryl methyl sites for hydroxylation is 1. The third kappa shape index (κ3) is 5.65. The number of amides is 1. The Morgan fingerprint density at radius 3 is 2.35 bits per heavy atom. The van der Waals surface area contributed by atoms with Crippen molar-refractivity contribution in [2.45, 2.75) is 13.8 Å². The predicted octanol–water partition coefficient (Wildman–Crippen LogP) is 6.49. The van der Waals surface area contributed by atoms with Crippen molar-refractivity contribution in [1.29, 1.82) is 0 Å². The Kier molecular flexibility index (Phi) is 7.29. The van der Waals surface area contributed by atoms with E-state index in [4.69, 9.17) is 19.3 Å². The van der Waals surface area contributed by atoms with Gasteiger partial charge in [0.2, 0.25) is 12.7 Å². The molecule has 9 heteroatoms. The molecule has 43 heavy (non-hydrogen) atoms. The average molecular weight is 575 g/mol. The van der Waals surface area contributed by atoms with E-state index >= 15 is 0 Å². The first kappa shape index (κ1) is 27.6. The summed E-state index contributed by atoms with van der Waals surface area (Å²) < 4.78 is 18.2. The van der Waals surface area contributed by atoms with E-state index in [0.29, 0.717) is 39.9 Å². The fraction of sp³-hybridized carbons (Fsp3) is 0.147. The third-order valence-corrected chi connectivity index (χ3v) is 7.06. The van der Waals surface area contributed by atoms with Crippen LogP contribution in [0.1, 0.15) is 22.8 Å². The smallest absolute Gasteiger partial charge is 0.309 e. The molecule has 1 aliphatic rings. The van der Waals surface area contributed by atoms with Crippen molar-refractivity contribution in [2.75, 3.05) is 31.1 Å². The Bertz CT molecular complexity index is 1830. The highest BCUT2D eigenvalue weighted by atomic mass is 16.7. The number of hydrogen-bond acceptors (Lipinski definition) is 7. The second-order valence-corrected chi connectivity index (χ2v) is 10.4. The lowest BCUT2D eigenvalue weighted by Crippen LogP contribution is -2.11. The van der Waals surface area contributed by atoms with Gasteiger partial charge < -0.3 is 24.4 Å². The van der Waals surface area contributed by atoms with E-state index < -0.39 is 5.97 Å². The Hall–Kier alpha value is -5.57. The summed E-state index contributed by atoms with van der Waals surface area (Å²) in [7, 11) is 3.96. The van der Waals surface area contributed by atoms with Crippen molar-refractivity contribution in [3.8, 4) is 45.5 Å². The first-order valence-corrected chi connectivity index (χ1v) is 13.7. The summed E-state index contributed by atoms with van der Waals surface area (Å²) in [5, 5.41) is 7.91. The van der Waals surface area contributed by atoms with Gasteiger partial charge in [0.05, 0.1) is 11.3 Å². The van der Waals surface area contributed by atoms with Crippen LogP contribution in [-0.2, 0) is 4.79 Å². The van der Waals surface area contributed by atoms with E-state index in [0.717, 1.165) is 28.1 Å². The molecule has 1 aromatic heterocycles. The highest BCUT2D eigenvalue weighted by Gasteiger charge is 2.25. The monoisotopic (exact) mass is 574 g/mol. The van der Waals surface area contributed by atoms with Crippen LogP contribution in [0.4, 0.5) is 11.4 Å². The van der Waals surface area contributed by atoms with E-state index in [-0.39, 0.29) is 12.7 Å². The molecule has 4 aromatic carbocycles. The molecule has 1 amide bonds. The Morgan fingerprint density at radius 2 is 1.63 bits per heavy atom. The minimum Gasteiger partial charge on any atom is -0.454 e. The topological polar surface area (TPSA) is 94.9 Å². The summed E-state index contributed by atoms with van der Waals surface area (Å²) in [5.74, 6) is 0.717. The lowest BCUT2D eigenvalue weighted by molar-refractivity contribution is -0.132. The van der Waals surface area contributed by atoms with Gasteiger partial charge in [-0.3, -0.25) is 9.59 Å². The molecule has 0 saturated heterocycles. The summed E-state index contributed by atoms with van der Waals surface area (Å²) in [6.45, 7) is 3.52. The van der Waals surface area contributed by atoms with Crippen molar-refractivity contribution < 1.29 is 23.8 Å². The largest absolute Gasteiger partial charge is 0.454 e. The number of anilines is 2. The van der Waals surface area contributed by atoms with Gasteiger partial charge in [-0.1, -0.05) is 42.0 Å². The van der Waals surface area contributed by atoms with Crippen LogP contribution in [0.25, 0.3) is 28.1 Å². The zero-order chi connectivity index (χ0) is 30.1. The van der Waals surface area contributed by atoms with Crippen LogP contribution in [0.3, 0.4) is 0 Å². The lowest BCUT2D eigenvalue weighted by atomic mass is 10.0. The van der Waals surface area contributed by atoms with Gasteiger partial charge in [-0.2, -0.15) is 9.78 Å². The van der Waals surface area contributed by atoms with E-state index in [1.807, 2.05) is 86.6 Å². The van der Waals surface area contributed by atoms with Gasteiger partial charge >= 0.3 is 5.97 Å². The van der Waals surface area contributed by atoms with E-state index in [9.17, 15) is 9.59 Å². The lowest BCUT2D eigenvalue weighted by Gasteiger charge is -2.14. The zero-order valence-electron chi connectivity index (χ0n) is 24.3. The SMILES string of the molecule is CC(=O)Oc1c(-c2ccc(NC(=O)c3ccc4c(c3)OCO4)cc2)c(-c2cccc(N(C)C)c2)nn1-c1ccc(C)cc1. The highest BCUT2D eigenvalue weighted by Crippen LogP contribution is 2.42. The van der Waals surface area contributed by atoms with Crippen molar-refractivity contribution >= 4 is 23.3 Å². The number of rotatable bonds is 7. The van der Waals surface area contributed by atoms with Crippen molar-refractivity contribution in [2.24, 2.45) is 0 Å². The first-order valence-electron chi connectivity index (χ1n) is 13.7. The summed E-state index contributed by atoms with van der Waals surface area (Å²) in [5.41, 5.74) is 6.84. The van der Waals surface area contributed by atoms with Crippen LogP contribution in [0.5, 0.6) is 17.4 Å². The summed E-state index contributed by atoms with van der Waals surface area (Å²) in [6.07, 6.45) is 0. The molecule has 6 rings (SSSR count). The zero-order valence-corrected chi connectivity index (χ0v) is 24.3. The van der Waals surface area contributed by atoms with Gasteiger partial charge in [0.1, 0.15) is 5.69 Å². The molecule has 0 spiro atoms. The van der Waals surface area contributed by atoms with E-state index in [1.165, 1.54) is 6.92 Å². The highest BCUT2D eigenvalue weighted by molar-refractivity contribution is 6.05. The quantitative estimate of drug-likeness (QED) is 0.222. The Morgan fingerprint density at radius 1 is 0.884 bits per heavy atom. The maximum Gasteiger partial charge on any atom is 0.309 e. The van der Waals surface area contributed by atoms with Gasteiger partial charge in [-0.25, -0.2) is 0 Å². The molecule has 1 aliphatic heterocycles. The maximum atomic E-state index is 13.0. The Labute approximate surface area is 249 Å². The molecule has 5 aromatic rings. The number of esters is 1. The molecule has 0 fully saturated rings. The first-order chi connectivity index (χ1) is 20.8. The van der Waals surface area contributed by atoms with Gasteiger partial charge in [0, 0.05) is 43.5 Å². The predicted molar refractivity (Wildman–Crippen MR) is 165 cm³/mol. The summed E-state index contributed by atoms with van der Waals surface area (Å²) in [4.78, 5) is 27.4. The van der Waals surface area contributed by atoms with Gasteiger partial charge in [-0.15, -0.1) is 0 Å². The molecular formula is C34H30N4O5. The molecule has 0 bridgehead atoms. The van der Waals surface area contributed by atoms with E-state index in [2.05, 4.69) is 5.32 Å². The molecular weight excluding hydrogens is 544 g/mol. The molecule has 2 heterocycles. The molecule has 0 atom stereocenters.